The number of rotatable bonds is 9. The average molecular weight is 651 g/mol. The molecule has 0 aliphatic carbocycles. The summed E-state index contributed by atoms with van der Waals surface area (Å²) in [7, 11) is 0. The first-order chi connectivity index (χ1) is 22.0. The highest BCUT2D eigenvalue weighted by atomic mass is 32.1. The van der Waals surface area contributed by atoms with Crippen molar-refractivity contribution in [3.63, 3.8) is 0 Å². The van der Waals surface area contributed by atoms with Crippen molar-refractivity contribution in [1.29, 1.82) is 0 Å². The van der Waals surface area contributed by atoms with E-state index in [0.29, 0.717) is 53.8 Å². The zero-order valence-corrected chi connectivity index (χ0v) is 25.7. The molecule has 3 aromatic carbocycles. The van der Waals surface area contributed by atoms with Crippen molar-refractivity contribution >= 4 is 34.6 Å². The average Bonchev–Trinajstić information content (AvgIpc) is 3.55. The summed E-state index contributed by atoms with van der Waals surface area (Å²) in [5.41, 5.74) is 1.92. The number of nitrogens with zero attached hydrogens (tertiary/aromatic N) is 2. The Labute approximate surface area is 267 Å². The number of esters is 1. The van der Waals surface area contributed by atoms with E-state index in [4.69, 9.17) is 4.74 Å². The number of Topliss-reactive ketones (excluding diaryl/α,β-unsaturated/α-hetero) is 1. The SMILES string of the molecule is CCOC(=O)/C=C(/CC(=O)c1csc(C2CCN(C(=O)c3ccccc3-c3ccc(C(F)(F)F)cc3)CC2)n1)c1ccc(F)cc1. The molecule has 1 aromatic heterocycles. The maximum absolute atomic E-state index is 13.5. The predicted octanol–water partition coefficient (Wildman–Crippen LogP) is 8.21. The number of alkyl halides is 3. The van der Waals surface area contributed by atoms with Crippen molar-refractivity contribution in [1.82, 2.24) is 9.88 Å². The summed E-state index contributed by atoms with van der Waals surface area (Å²) >= 11 is 1.36. The Hall–Kier alpha value is -4.64. The monoisotopic (exact) mass is 650 g/mol. The third kappa shape index (κ3) is 7.77. The number of hydrogen-bond acceptors (Lipinski definition) is 6. The van der Waals surface area contributed by atoms with Gasteiger partial charge in [-0.25, -0.2) is 14.2 Å². The Morgan fingerprint density at radius 1 is 0.978 bits per heavy atom. The molecule has 2 heterocycles. The van der Waals surface area contributed by atoms with E-state index in [1.54, 1.807) is 41.5 Å². The molecule has 5 rings (SSSR count). The molecule has 1 fully saturated rings. The molecule has 0 spiro atoms. The number of aromatic nitrogens is 1. The molecule has 46 heavy (non-hydrogen) atoms. The van der Waals surface area contributed by atoms with E-state index in [-0.39, 0.29) is 36.3 Å². The Morgan fingerprint density at radius 3 is 2.30 bits per heavy atom. The summed E-state index contributed by atoms with van der Waals surface area (Å²) in [6.45, 7) is 2.74. The normalized spacial score (nSPS) is 14.3. The highest BCUT2D eigenvalue weighted by Crippen LogP contribution is 2.34. The van der Waals surface area contributed by atoms with E-state index in [2.05, 4.69) is 4.98 Å². The van der Waals surface area contributed by atoms with Crippen LogP contribution in [0.1, 0.15) is 69.1 Å². The Balaban J connectivity index is 1.24. The number of ether oxygens (including phenoxy) is 1. The van der Waals surface area contributed by atoms with Crippen LogP contribution in [0.5, 0.6) is 0 Å². The number of amides is 1. The minimum absolute atomic E-state index is 0.0346. The second-order valence-electron chi connectivity index (χ2n) is 10.8. The molecule has 0 radical (unpaired) electrons. The summed E-state index contributed by atoms with van der Waals surface area (Å²) in [5.74, 6) is -1.50. The van der Waals surface area contributed by atoms with Gasteiger partial charge in [0, 0.05) is 42.4 Å². The van der Waals surface area contributed by atoms with Gasteiger partial charge in [0.25, 0.3) is 5.91 Å². The molecule has 238 valence electrons. The largest absolute Gasteiger partial charge is 0.463 e. The van der Waals surface area contributed by atoms with Crippen LogP contribution >= 0.6 is 11.3 Å². The maximum atomic E-state index is 13.5. The number of piperidine rings is 1. The van der Waals surface area contributed by atoms with Crippen molar-refractivity contribution in [2.24, 2.45) is 0 Å². The number of carbonyl (C=O) groups is 3. The van der Waals surface area contributed by atoms with Gasteiger partial charge in [-0.2, -0.15) is 13.2 Å². The van der Waals surface area contributed by atoms with Gasteiger partial charge in [0.2, 0.25) is 0 Å². The number of ketones is 1. The van der Waals surface area contributed by atoms with Gasteiger partial charge >= 0.3 is 12.1 Å². The van der Waals surface area contributed by atoms with E-state index >= 15 is 0 Å². The van der Waals surface area contributed by atoms with E-state index in [9.17, 15) is 31.9 Å². The lowest BCUT2D eigenvalue weighted by molar-refractivity contribution is -0.138. The number of benzene rings is 3. The Kier molecular flexibility index (Phi) is 10.1. The topological polar surface area (TPSA) is 76.6 Å². The molecule has 1 aliphatic rings. The number of halogens is 4. The second kappa shape index (κ2) is 14.2. The fraction of sp³-hybridized carbons (Fsp3) is 0.257. The highest BCUT2D eigenvalue weighted by Gasteiger charge is 2.31. The van der Waals surface area contributed by atoms with E-state index in [1.807, 2.05) is 0 Å². The molecule has 1 aliphatic heterocycles. The van der Waals surface area contributed by atoms with Crippen LogP contribution in [0.3, 0.4) is 0 Å². The summed E-state index contributed by atoms with van der Waals surface area (Å²) in [6.07, 6.45) is -2.08. The van der Waals surface area contributed by atoms with Crippen LogP contribution in [0.25, 0.3) is 16.7 Å². The summed E-state index contributed by atoms with van der Waals surface area (Å²) in [6, 6.07) is 17.1. The smallest absolute Gasteiger partial charge is 0.416 e. The molecule has 0 saturated carbocycles. The molecule has 0 N–H and O–H groups in total. The van der Waals surface area contributed by atoms with Crippen LogP contribution in [0, 0.1) is 5.82 Å². The zero-order valence-electron chi connectivity index (χ0n) is 24.9. The van der Waals surface area contributed by atoms with Crippen molar-refractivity contribution in [2.75, 3.05) is 19.7 Å². The molecule has 6 nitrogen and oxygen atoms in total. The molecule has 0 unspecified atom stereocenters. The molecule has 1 amide bonds. The van der Waals surface area contributed by atoms with Crippen LogP contribution in [0.4, 0.5) is 17.6 Å². The lowest BCUT2D eigenvalue weighted by atomic mass is 9.94. The molecule has 11 heteroatoms. The Morgan fingerprint density at radius 2 is 1.65 bits per heavy atom. The van der Waals surface area contributed by atoms with Gasteiger partial charge in [0.1, 0.15) is 11.5 Å². The van der Waals surface area contributed by atoms with Gasteiger partial charge in [-0.05, 0) is 72.4 Å². The molecule has 4 aromatic rings. The standard InChI is InChI=1S/C35H30F4N2O4S/c1-2-45-32(43)20-25(22-9-13-27(36)14-10-22)19-31(42)30-21-46-33(40-30)24-15-17-41(18-16-24)34(44)29-6-4-3-5-28(29)23-7-11-26(12-8-23)35(37,38)39/h3-14,20-21,24H,2,15-19H2,1H3/b25-20-. The van der Waals surface area contributed by atoms with Gasteiger partial charge in [-0.15, -0.1) is 11.3 Å². The van der Waals surface area contributed by atoms with Gasteiger partial charge in [-0.1, -0.05) is 42.5 Å². The van der Waals surface area contributed by atoms with Gasteiger partial charge < -0.3 is 9.64 Å². The van der Waals surface area contributed by atoms with Crippen molar-refractivity contribution in [3.8, 4) is 11.1 Å². The number of hydrogen-bond donors (Lipinski definition) is 0. The quantitative estimate of drug-likeness (QED) is 0.0790. The first-order valence-electron chi connectivity index (χ1n) is 14.7. The molecular formula is C35H30F4N2O4S. The molecule has 0 atom stereocenters. The number of thiazole rings is 1. The predicted molar refractivity (Wildman–Crippen MR) is 167 cm³/mol. The lowest BCUT2D eigenvalue weighted by Gasteiger charge is -2.31. The highest BCUT2D eigenvalue weighted by molar-refractivity contribution is 7.09. The Bertz CT molecular complexity index is 1740. The van der Waals surface area contributed by atoms with Crippen molar-refractivity contribution < 1.29 is 36.7 Å². The third-order valence-corrected chi connectivity index (χ3v) is 8.77. The van der Waals surface area contributed by atoms with Crippen molar-refractivity contribution in [2.45, 2.75) is 38.3 Å². The lowest BCUT2D eigenvalue weighted by Crippen LogP contribution is -2.38. The maximum Gasteiger partial charge on any atom is 0.416 e. The minimum atomic E-state index is -4.45. The summed E-state index contributed by atoms with van der Waals surface area (Å²) in [4.78, 5) is 45.2. The van der Waals surface area contributed by atoms with Crippen LogP contribution in [0.2, 0.25) is 0 Å². The number of carbonyl (C=O) groups excluding carboxylic acids is 3. The first-order valence-corrected chi connectivity index (χ1v) is 15.6. The third-order valence-electron chi connectivity index (χ3n) is 7.76. The fourth-order valence-electron chi connectivity index (χ4n) is 5.35. The van der Waals surface area contributed by atoms with Gasteiger partial charge in [0.15, 0.2) is 5.78 Å². The minimum Gasteiger partial charge on any atom is -0.463 e. The first kappa shape index (κ1) is 32.7. The van der Waals surface area contributed by atoms with Crippen LogP contribution in [-0.2, 0) is 15.7 Å². The van der Waals surface area contributed by atoms with Gasteiger partial charge in [0.05, 0.1) is 17.2 Å². The molecule has 0 bridgehead atoms. The van der Waals surface area contributed by atoms with Crippen LogP contribution in [0.15, 0.2) is 84.3 Å². The summed E-state index contributed by atoms with van der Waals surface area (Å²) in [5, 5.41) is 2.46. The van der Waals surface area contributed by atoms with E-state index in [1.165, 1.54) is 53.8 Å². The van der Waals surface area contributed by atoms with Crippen LogP contribution in [-0.4, -0.2) is 47.2 Å². The van der Waals surface area contributed by atoms with Crippen LogP contribution < -0.4 is 0 Å². The molecule has 1 saturated heterocycles. The van der Waals surface area contributed by atoms with Crippen molar-refractivity contribution in [3.05, 3.63) is 117 Å². The second-order valence-corrected chi connectivity index (χ2v) is 11.7. The fourth-order valence-corrected chi connectivity index (χ4v) is 6.35. The zero-order chi connectivity index (χ0) is 32.8. The van der Waals surface area contributed by atoms with E-state index < -0.39 is 23.5 Å². The summed E-state index contributed by atoms with van der Waals surface area (Å²) < 4.78 is 57.6. The number of likely N-dealkylation sites (tertiary alicyclic amines) is 1. The molecular weight excluding hydrogens is 620 g/mol. The van der Waals surface area contributed by atoms with Gasteiger partial charge in [-0.3, -0.25) is 9.59 Å². The number of allylic oxidation sites excluding steroid dienone is 1. The van der Waals surface area contributed by atoms with E-state index in [0.717, 1.165) is 17.1 Å².